The predicted molar refractivity (Wildman–Crippen MR) is 65.2 cm³/mol. The number of benzene rings is 1. The zero-order valence-electron chi connectivity index (χ0n) is 10.9. The quantitative estimate of drug-likeness (QED) is 0.895. The molecule has 0 aromatic heterocycles. The molecule has 1 N–H and O–H groups in total. The molecule has 2 nitrogen and oxygen atoms in total. The zero-order valence-corrected chi connectivity index (χ0v) is 10.9. The Hall–Kier alpha value is -1.23. The maximum atomic E-state index is 12.9. The van der Waals surface area contributed by atoms with Crippen molar-refractivity contribution in [2.75, 3.05) is 7.11 Å². The van der Waals surface area contributed by atoms with E-state index in [1.807, 2.05) is 0 Å². The molecule has 0 aliphatic heterocycles. The van der Waals surface area contributed by atoms with Crippen LogP contribution >= 0.6 is 0 Å². The minimum atomic E-state index is -4.57. The molecule has 0 saturated heterocycles. The lowest BCUT2D eigenvalue weighted by molar-refractivity contribution is -0.258. The van der Waals surface area contributed by atoms with E-state index in [-0.39, 0.29) is 12.8 Å². The average molecular weight is 274 g/mol. The standard InChI is InChI=1S/C14H17F3O2/c1-12(10-3-5-11(19-2)6-4-10)7-8-13(18,9-12)14(15,16)17/h3-6,18H,7-9H2,1-2H3. The van der Waals surface area contributed by atoms with Gasteiger partial charge in [-0.25, -0.2) is 0 Å². The van der Waals surface area contributed by atoms with Gasteiger partial charge in [-0.15, -0.1) is 0 Å². The van der Waals surface area contributed by atoms with Crippen molar-refractivity contribution in [1.29, 1.82) is 0 Å². The van der Waals surface area contributed by atoms with Crippen LogP contribution in [-0.2, 0) is 5.41 Å². The number of hydrogen-bond donors (Lipinski definition) is 1. The molecule has 2 atom stereocenters. The zero-order chi connectivity index (χ0) is 14.3. The molecule has 1 saturated carbocycles. The first-order valence-corrected chi connectivity index (χ1v) is 6.14. The topological polar surface area (TPSA) is 29.5 Å². The van der Waals surface area contributed by atoms with E-state index >= 15 is 0 Å². The summed E-state index contributed by atoms with van der Waals surface area (Å²) in [6.45, 7) is 1.76. The maximum Gasteiger partial charge on any atom is 0.417 e. The first-order valence-electron chi connectivity index (χ1n) is 6.14. The summed E-state index contributed by atoms with van der Waals surface area (Å²) in [7, 11) is 1.54. The normalized spacial score (nSPS) is 31.5. The molecule has 1 aromatic rings. The molecule has 2 rings (SSSR count). The summed E-state index contributed by atoms with van der Waals surface area (Å²) in [5.74, 6) is 0.663. The van der Waals surface area contributed by atoms with E-state index in [4.69, 9.17) is 4.74 Å². The van der Waals surface area contributed by atoms with Crippen molar-refractivity contribution in [2.45, 2.75) is 43.4 Å². The van der Waals surface area contributed by atoms with Gasteiger partial charge in [0.2, 0.25) is 0 Å². The van der Waals surface area contributed by atoms with Crippen LogP contribution in [0.4, 0.5) is 13.2 Å². The number of methoxy groups -OCH3 is 1. The van der Waals surface area contributed by atoms with Crippen molar-refractivity contribution in [2.24, 2.45) is 0 Å². The fraction of sp³-hybridized carbons (Fsp3) is 0.571. The number of hydrogen-bond acceptors (Lipinski definition) is 2. The van der Waals surface area contributed by atoms with Gasteiger partial charge in [0.15, 0.2) is 5.60 Å². The monoisotopic (exact) mass is 274 g/mol. The Labute approximate surface area is 110 Å². The van der Waals surface area contributed by atoms with Gasteiger partial charge >= 0.3 is 6.18 Å². The van der Waals surface area contributed by atoms with Crippen LogP contribution in [0.2, 0.25) is 0 Å². The summed E-state index contributed by atoms with van der Waals surface area (Å²) < 4.78 is 43.6. The summed E-state index contributed by atoms with van der Waals surface area (Å²) in [6, 6.07) is 6.99. The molecule has 5 heteroatoms. The molecule has 106 valence electrons. The van der Waals surface area contributed by atoms with E-state index in [1.165, 1.54) is 7.11 Å². The van der Waals surface area contributed by atoms with Crippen LogP contribution in [0.1, 0.15) is 31.7 Å². The number of ether oxygens (including phenoxy) is 1. The fourth-order valence-corrected chi connectivity index (χ4v) is 2.79. The molecule has 1 fully saturated rings. The minimum absolute atomic E-state index is 0.251. The Morgan fingerprint density at radius 3 is 2.16 bits per heavy atom. The van der Waals surface area contributed by atoms with Crippen LogP contribution in [0.15, 0.2) is 24.3 Å². The van der Waals surface area contributed by atoms with Gasteiger partial charge < -0.3 is 9.84 Å². The SMILES string of the molecule is COc1ccc(C2(C)CCC(O)(C(F)(F)F)C2)cc1. The van der Waals surface area contributed by atoms with E-state index in [0.717, 1.165) is 5.56 Å². The van der Waals surface area contributed by atoms with Crippen LogP contribution in [0.5, 0.6) is 5.75 Å². The Balaban J connectivity index is 2.25. The number of alkyl halides is 3. The fourth-order valence-electron chi connectivity index (χ4n) is 2.79. The third kappa shape index (κ3) is 2.43. The molecule has 0 bridgehead atoms. The predicted octanol–water partition coefficient (Wildman–Crippen LogP) is 3.43. The molecule has 1 aromatic carbocycles. The van der Waals surface area contributed by atoms with Crippen molar-refractivity contribution < 1.29 is 23.0 Å². The van der Waals surface area contributed by atoms with E-state index in [1.54, 1.807) is 31.2 Å². The Kier molecular flexibility index (Phi) is 3.29. The highest BCUT2D eigenvalue weighted by atomic mass is 19.4. The Morgan fingerprint density at radius 2 is 1.74 bits per heavy atom. The van der Waals surface area contributed by atoms with Gasteiger partial charge in [-0.1, -0.05) is 19.1 Å². The smallest absolute Gasteiger partial charge is 0.417 e. The van der Waals surface area contributed by atoms with Crippen LogP contribution in [0, 0.1) is 0 Å². The maximum absolute atomic E-state index is 12.9. The second-order valence-electron chi connectivity index (χ2n) is 5.50. The number of halogens is 3. The summed E-state index contributed by atoms with van der Waals surface area (Å²) in [5.41, 5.74) is -2.42. The summed E-state index contributed by atoms with van der Waals surface area (Å²) in [4.78, 5) is 0. The molecule has 19 heavy (non-hydrogen) atoms. The van der Waals surface area contributed by atoms with Crippen LogP contribution in [0.25, 0.3) is 0 Å². The van der Waals surface area contributed by atoms with Crippen LogP contribution in [0.3, 0.4) is 0 Å². The number of aliphatic hydroxyl groups is 1. The molecular weight excluding hydrogens is 257 g/mol. The highest BCUT2D eigenvalue weighted by Gasteiger charge is 2.60. The Bertz CT molecular complexity index is 455. The first-order chi connectivity index (χ1) is 8.70. The molecule has 0 amide bonds. The number of rotatable bonds is 2. The second-order valence-corrected chi connectivity index (χ2v) is 5.50. The van der Waals surface area contributed by atoms with Crippen molar-refractivity contribution in [3.05, 3.63) is 29.8 Å². The molecule has 1 aliphatic carbocycles. The third-order valence-corrected chi connectivity index (χ3v) is 4.09. The lowest BCUT2D eigenvalue weighted by Crippen LogP contribution is -2.43. The first kappa shape index (κ1) is 14.2. The largest absolute Gasteiger partial charge is 0.497 e. The third-order valence-electron chi connectivity index (χ3n) is 4.09. The van der Waals surface area contributed by atoms with Gasteiger partial charge in [0.1, 0.15) is 5.75 Å². The molecule has 0 radical (unpaired) electrons. The van der Waals surface area contributed by atoms with Crippen molar-refractivity contribution in [3.8, 4) is 5.75 Å². The molecule has 0 spiro atoms. The van der Waals surface area contributed by atoms with Gasteiger partial charge in [-0.2, -0.15) is 13.2 Å². The lowest BCUT2D eigenvalue weighted by atomic mass is 9.79. The van der Waals surface area contributed by atoms with Crippen LogP contribution in [-0.4, -0.2) is 24.0 Å². The van der Waals surface area contributed by atoms with E-state index < -0.39 is 17.2 Å². The van der Waals surface area contributed by atoms with E-state index in [9.17, 15) is 18.3 Å². The van der Waals surface area contributed by atoms with Gasteiger partial charge in [-0.3, -0.25) is 0 Å². The van der Waals surface area contributed by atoms with E-state index in [2.05, 4.69) is 0 Å². The highest BCUT2D eigenvalue weighted by molar-refractivity contribution is 5.33. The summed E-state index contributed by atoms with van der Waals surface area (Å²) in [5, 5.41) is 9.78. The Morgan fingerprint density at radius 1 is 1.16 bits per heavy atom. The summed E-state index contributed by atoms with van der Waals surface area (Å²) in [6.07, 6.45) is -4.80. The van der Waals surface area contributed by atoms with Gasteiger partial charge in [0.25, 0.3) is 0 Å². The second kappa shape index (κ2) is 4.40. The average Bonchev–Trinajstić information content (AvgIpc) is 2.68. The minimum Gasteiger partial charge on any atom is -0.497 e. The van der Waals surface area contributed by atoms with Gasteiger partial charge in [-0.05, 0) is 42.4 Å². The molecular formula is C14H17F3O2. The highest BCUT2D eigenvalue weighted by Crippen LogP contribution is 2.52. The lowest BCUT2D eigenvalue weighted by Gasteiger charge is -2.30. The molecule has 2 unspecified atom stereocenters. The van der Waals surface area contributed by atoms with Crippen LogP contribution < -0.4 is 4.74 Å². The molecule has 1 aliphatic rings. The van der Waals surface area contributed by atoms with Gasteiger partial charge in [0, 0.05) is 0 Å². The molecule has 0 heterocycles. The van der Waals surface area contributed by atoms with Gasteiger partial charge in [0.05, 0.1) is 7.11 Å². The van der Waals surface area contributed by atoms with Crippen molar-refractivity contribution >= 4 is 0 Å². The van der Waals surface area contributed by atoms with Crippen molar-refractivity contribution in [3.63, 3.8) is 0 Å². The summed E-state index contributed by atoms with van der Waals surface area (Å²) >= 11 is 0. The van der Waals surface area contributed by atoms with E-state index in [0.29, 0.717) is 12.2 Å². The van der Waals surface area contributed by atoms with Crippen molar-refractivity contribution in [1.82, 2.24) is 0 Å².